The van der Waals surface area contributed by atoms with Gasteiger partial charge >= 0.3 is 0 Å². The fraction of sp³-hybridized carbons (Fsp3) is 0.300. The van der Waals surface area contributed by atoms with Gasteiger partial charge in [0.25, 0.3) is 0 Å². The highest BCUT2D eigenvalue weighted by Crippen LogP contribution is 2.17. The number of aldehydes is 1. The molecular formula is C10H12O2. The summed E-state index contributed by atoms with van der Waals surface area (Å²) in [6.45, 7) is 1.83. The zero-order valence-corrected chi connectivity index (χ0v) is 6.97. The number of hydrogen-bond acceptors (Lipinski definition) is 2. The summed E-state index contributed by atoms with van der Waals surface area (Å²) in [4.78, 5) is 10.3. The van der Waals surface area contributed by atoms with Gasteiger partial charge in [-0.05, 0) is 5.56 Å². The Morgan fingerprint density at radius 1 is 1.33 bits per heavy atom. The molecule has 0 bridgehead atoms. The van der Waals surface area contributed by atoms with E-state index in [-0.39, 0.29) is 5.92 Å². The van der Waals surface area contributed by atoms with E-state index in [1.807, 2.05) is 37.3 Å². The minimum Gasteiger partial charge on any atom is -0.385 e. The summed E-state index contributed by atoms with van der Waals surface area (Å²) in [5.41, 5.74) is 0.983. The van der Waals surface area contributed by atoms with Crippen LogP contribution in [0, 0.1) is 0 Å². The SMILES string of the molecule is C[C@@H](c1ccccc1)[C@@H](O)C=O. The van der Waals surface area contributed by atoms with Gasteiger partial charge in [-0.15, -0.1) is 0 Å². The van der Waals surface area contributed by atoms with E-state index in [0.29, 0.717) is 6.29 Å². The van der Waals surface area contributed by atoms with Gasteiger partial charge in [-0.3, -0.25) is 0 Å². The van der Waals surface area contributed by atoms with E-state index >= 15 is 0 Å². The summed E-state index contributed by atoms with van der Waals surface area (Å²) < 4.78 is 0. The topological polar surface area (TPSA) is 37.3 Å². The van der Waals surface area contributed by atoms with Gasteiger partial charge in [0, 0.05) is 5.92 Å². The van der Waals surface area contributed by atoms with Crippen LogP contribution in [0.15, 0.2) is 30.3 Å². The van der Waals surface area contributed by atoms with Crippen molar-refractivity contribution in [2.45, 2.75) is 18.9 Å². The lowest BCUT2D eigenvalue weighted by molar-refractivity contribution is -0.115. The molecule has 0 aliphatic heterocycles. The molecule has 0 aliphatic rings. The Kier molecular flexibility index (Phi) is 3.00. The van der Waals surface area contributed by atoms with Gasteiger partial charge in [0.1, 0.15) is 12.4 Å². The fourth-order valence-corrected chi connectivity index (χ4v) is 1.07. The van der Waals surface area contributed by atoms with Crippen molar-refractivity contribution < 1.29 is 9.90 Å². The van der Waals surface area contributed by atoms with Gasteiger partial charge in [-0.1, -0.05) is 37.3 Å². The molecule has 12 heavy (non-hydrogen) atoms. The molecular weight excluding hydrogens is 152 g/mol. The van der Waals surface area contributed by atoms with Crippen molar-refractivity contribution in [2.75, 3.05) is 0 Å². The number of carbonyl (C=O) groups is 1. The zero-order valence-electron chi connectivity index (χ0n) is 6.97. The first kappa shape index (κ1) is 8.94. The van der Waals surface area contributed by atoms with Gasteiger partial charge in [0.05, 0.1) is 0 Å². The predicted octanol–water partition coefficient (Wildman–Crippen LogP) is 1.35. The van der Waals surface area contributed by atoms with Gasteiger partial charge < -0.3 is 9.90 Å². The van der Waals surface area contributed by atoms with E-state index in [4.69, 9.17) is 0 Å². The third-order valence-electron chi connectivity index (χ3n) is 1.98. The van der Waals surface area contributed by atoms with E-state index in [9.17, 15) is 9.90 Å². The van der Waals surface area contributed by atoms with E-state index in [2.05, 4.69) is 0 Å². The predicted molar refractivity (Wildman–Crippen MR) is 46.9 cm³/mol. The Hall–Kier alpha value is -1.15. The molecule has 0 aromatic heterocycles. The van der Waals surface area contributed by atoms with E-state index in [1.54, 1.807) is 0 Å². The molecule has 0 unspecified atom stereocenters. The monoisotopic (exact) mass is 164 g/mol. The van der Waals surface area contributed by atoms with Crippen molar-refractivity contribution in [3.05, 3.63) is 35.9 Å². The van der Waals surface area contributed by atoms with Crippen molar-refractivity contribution in [1.82, 2.24) is 0 Å². The molecule has 1 aromatic carbocycles. The highest BCUT2D eigenvalue weighted by Gasteiger charge is 2.13. The maximum atomic E-state index is 10.3. The van der Waals surface area contributed by atoms with Crippen LogP contribution in [0.2, 0.25) is 0 Å². The largest absolute Gasteiger partial charge is 0.385 e. The van der Waals surface area contributed by atoms with Gasteiger partial charge in [0.15, 0.2) is 0 Å². The molecule has 2 heteroatoms. The van der Waals surface area contributed by atoms with Crippen LogP contribution in [-0.2, 0) is 4.79 Å². The molecule has 1 rings (SSSR count). The highest BCUT2D eigenvalue weighted by molar-refractivity contribution is 5.57. The van der Waals surface area contributed by atoms with Crippen LogP contribution >= 0.6 is 0 Å². The first-order valence-electron chi connectivity index (χ1n) is 3.94. The lowest BCUT2D eigenvalue weighted by atomic mass is 9.96. The summed E-state index contributed by atoms with van der Waals surface area (Å²) >= 11 is 0. The van der Waals surface area contributed by atoms with Crippen LogP contribution in [0.1, 0.15) is 18.4 Å². The van der Waals surface area contributed by atoms with Crippen LogP contribution in [0.4, 0.5) is 0 Å². The zero-order chi connectivity index (χ0) is 8.97. The maximum absolute atomic E-state index is 10.3. The second-order valence-corrected chi connectivity index (χ2v) is 2.83. The number of carbonyl (C=O) groups excluding carboxylic acids is 1. The molecule has 2 atom stereocenters. The number of hydrogen-bond donors (Lipinski definition) is 1. The van der Waals surface area contributed by atoms with Crippen molar-refractivity contribution in [3.8, 4) is 0 Å². The van der Waals surface area contributed by atoms with Gasteiger partial charge in [0.2, 0.25) is 0 Å². The molecule has 0 aliphatic carbocycles. The lowest BCUT2D eigenvalue weighted by Crippen LogP contribution is -2.16. The van der Waals surface area contributed by atoms with Crippen molar-refractivity contribution in [1.29, 1.82) is 0 Å². The van der Waals surface area contributed by atoms with Gasteiger partial charge in [-0.2, -0.15) is 0 Å². The molecule has 64 valence electrons. The normalized spacial score (nSPS) is 15.2. The van der Waals surface area contributed by atoms with Crippen molar-refractivity contribution in [3.63, 3.8) is 0 Å². The smallest absolute Gasteiger partial charge is 0.149 e. The molecule has 0 fully saturated rings. The molecule has 0 amide bonds. The van der Waals surface area contributed by atoms with E-state index in [0.717, 1.165) is 5.56 Å². The second kappa shape index (κ2) is 4.02. The summed E-state index contributed by atoms with van der Waals surface area (Å²) in [5, 5.41) is 9.21. The van der Waals surface area contributed by atoms with Crippen LogP contribution in [0.5, 0.6) is 0 Å². The molecule has 0 radical (unpaired) electrons. The molecule has 0 heterocycles. The summed E-state index contributed by atoms with van der Waals surface area (Å²) in [7, 11) is 0. The summed E-state index contributed by atoms with van der Waals surface area (Å²) in [6, 6.07) is 9.49. The molecule has 1 N–H and O–H groups in total. The Labute approximate surface area is 71.8 Å². The third-order valence-corrected chi connectivity index (χ3v) is 1.98. The Bertz CT molecular complexity index is 243. The Morgan fingerprint density at radius 2 is 1.92 bits per heavy atom. The van der Waals surface area contributed by atoms with Crippen LogP contribution in [0.25, 0.3) is 0 Å². The van der Waals surface area contributed by atoms with E-state index < -0.39 is 6.10 Å². The summed E-state index contributed by atoms with van der Waals surface area (Å²) in [6.07, 6.45) is -0.329. The second-order valence-electron chi connectivity index (χ2n) is 2.83. The first-order chi connectivity index (χ1) is 5.75. The average Bonchev–Trinajstić information content (AvgIpc) is 2.17. The fourth-order valence-electron chi connectivity index (χ4n) is 1.07. The summed E-state index contributed by atoms with van der Waals surface area (Å²) in [5.74, 6) is -0.122. The molecule has 1 aromatic rings. The first-order valence-corrected chi connectivity index (χ1v) is 3.94. The number of rotatable bonds is 3. The molecule has 0 saturated heterocycles. The highest BCUT2D eigenvalue weighted by atomic mass is 16.3. The Morgan fingerprint density at radius 3 is 2.42 bits per heavy atom. The van der Waals surface area contributed by atoms with Crippen LogP contribution < -0.4 is 0 Å². The number of aliphatic hydroxyl groups is 1. The average molecular weight is 164 g/mol. The quantitative estimate of drug-likeness (QED) is 0.685. The molecule has 0 saturated carbocycles. The number of aliphatic hydroxyl groups excluding tert-OH is 1. The van der Waals surface area contributed by atoms with Crippen LogP contribution in [0.3, 0.4) is 0 Å². The molecule has 0 spiro atoms. The minimum absolute atomic E-state index is 0.122. The maximum Gasteiger partial charge on any atom is 0.149 e. The number of benzene rings is 1. The minimum atomic E-state index is -0.896. The van der Waals surface area contributed by atoms with Gasteiger partial charge in [-0.25, -0.2) is 0 Å². The van der Waals surface area contributed by atoms with Crippen molar-refractivity contribution >= 4 is 6.29 Å². The third kappa shape index (κ3) is 1.92. The van der Waals surface area contributed by atoms with Crippen LogP contribution in [-0.4, -0.2) is 17.5 Å². The molecule has 2 nitrogen and oxygen atoms in total. The Balaban J connectivity index is 2.78. The lowest BCUT2D eigenvalue weighted by Gasteiger charge is -2.12. The van der Waals surface area contributed by atoms with E-state index in [1.165, 1.54) is 0 Å². The van der Waals surface area contributed by atoms with Crippen molar-refractivity contribution in [2.24, 2.45) is 0 Å². The standard InChI is InChI=1S/C10H12O2/c1-8(10(12)7-11)9-5-3-2-4-6-9/h2-8,10,12H,1H3/t8-,10-/m0/s1.